The van der Waals surface area contributed by atoms with Gasteiger partial charge in [0, 0.05) is 12.5 Å². The molecular weight excluding hydrogens is 530 g/mol. The first kappa shape index (κ1) is 28.6. The molecule has 4 aromatic carbocycles. The smallest absolute Gasteiger partial charge is 0.330 e. The van der Waals surface area contributed by atoms with Crippen LogP contribution in [-0.4, -0.2) is 38.4 Å². The molecule has 0 bridgehead atoms. The summed E-state index contributed by atoms with van der Waals surface area (Å²) in [6.07, 6.45) is 0.109. The molecule has 0 saturated heterocycles. The van der Waals surface area contributed by atoms with Crippen LogP contribution in [0.4, 0.5) is 0 Å². The molecule has 214 valence electrons. The van der Waals surface area contributed by atoms with Crippen molar-refractivity contribution in [2.45, 2.75) is 25.6 Å². The average molecular weight is 564 g/mol. The van der Waals surface area contributed by atoms with E-state index < -0.39 is 17.4 Å². The Bertz CT molecular complexity index is 1480. The third kappa shape index (κ3) is 6.05. The Morgan fingerprint density at radius 3 is 1.76 bits per heavy atom. The number of hydrogen-bond acceptors (Lipinski definition) is 7. The fraction of sp³-hybridized carbons (Fsp3) is 0.229. The SMILES string of the molecule is COc1ccc(C2CN=C(c3ccccc3)C(C(=O)OCc3ccccc3)(C(=O)OCc3ccccc3)C2)cc1OC. The maximum atomic E-state index is 14.3. The molecule has 0 saturated carbocycles. The van der Waals surface area contributed by atoms with Gasteiger partial charge in [-0.15, -0.1) is 0 Å². The second-order valence-electron chi connectivity index (χ2n) is 10.1. The highest BCUT2D eigenvalue weighted by atomic mass is 16.6. The van der Waals surface area contributed by atoms with Crippen molar-refractivity contribution in [2.24, 2.45) is 10.4 Å². The lowest BCUT2D eigenvalue weighted by atomic mass is 9.69. The van der Waals surface area contributed by atoms with Gasteiger partial charge in [0.2, 0.25) is 5.41 Å². The van der Waals surface area contributed by atoms with Crippen LogP contribution in [0.25, 0.3) is 0 Å². The van der Waals surface area contributed by atoms with E-state index in [0.29, 0.717) is 29.3 Å². The van der Waals surface area contributed by atoms with E-state index in [9.17, 15) is 9.59 Å². The van der Waals surface area contributed by atoms with Crippen LogP contribution in [-0.2, 0) is 32.3 Å². The Hall–Kier alpha value is -4.91. The van der Waals surface area contributed by atoms with Gasteiger partial charge in [-0.1, -0.05) is 97.1 Å². The van der Waals surface area contributed by atoms with Crippen LogP contribution in [0.1, 0.15) is 34.6 Å². The Balaban J connectivity index is 1.57. The van der Waals surface area contributed by atoms with Crippen molar-refractivity contribution >= 4 is 17.7 Å². The van der Waals surface area contributed by atoms with Crippen LogP contribution in [0.5, 0.6) is 11.5 Å². The fourth-order valence-corrected chi connectivity index (χ4v) is 5.27. The quantitative estimate of drug-likeness (QED) is 0.170. The third-order valence-electron chi connectivity index (χ3n) is 7.48. The van der Waals surface area contributed by atoms with Crippen molar-refractivity contribution in [1.29, 1.82) is 0 Å². The van der Waals surface area contributed by atoms with Crippen molar-refractivity contribution < 1.29 is 28.5 Å². The second-order valence-corrected chi connectivity index (χ2v) is 10.1. The number of carbonyl (C=O) groups is 2. The standard InChI is InChI=1S/C35H33NO6/c1-39-30-19-18-28(20-31(30)40-2)29-21-35(32(36-22-29)27-16-10-5-11-17-27,33(37)41-23-25-12-6-3-7-13-25)34(38)42-24-26-14-8-4-9-15-26/h3-20,29H,21-24H2,1-2H3. The van der Waals surface area contributed by atoms with Gasteiger partial charge in [-0.25, -0.2) is 0 Å². The summed E-state index contributed by atoms with van der Waals surface area (Å²) in [5.74, 6) is -0.557. The predicted octanol–water partition coefficient (Wildman–Crippen LogP) is 6.15. The maximum absolute atomic E-state index is 14.3. The van der Waals surface area contributed by atoms with Crippen LogP contribution in [0.2, 0.25) is 0 Å². The number of hydrogen-bond donors (Lipinski definition) is 0. The van der Waals surface area contributed by atoms with E-state index in [1.54, 1.807) is 14.2 Å². The molecule has 7 heteroatoms. The minimum Gasteiger partial charge on any atom is -0.493 e. The average Bonchev–Trinajstić information content (AvgIpc) is 3.06. The molecule has 7 nitrogen and oxygen atoms in total. The molecule has 0 radical (unpaired) electrons. The van der Waals surface area contributed by atoms with E-state index in [1.807, 2.05) is 109 Å². The van der Waals surface area contributed by atoms with Gasteiger partial charge in [0.1, 0.15) is 13.2 Å². The second kappa shape index (κ2) is 13.2. The molecule has 1 aliphatic rings. The van der Waals surface area contributed by atoms with Gasteiger partial charge >= 0.3 is 11.9 Å². The zero-order chi connectivity index (χ0) is 29.4. The van der Waals surface area contributed by atoms with Gasteiger partial charge in [0.05, 0.1) is 19.9 Å². The number of esters is 2. The van der Waals surface area contributed by atoms with E-state index in [2.05, 4.69) is 0 Å². The number of rotatable bonds is 10. The summed E-state index contributed by atoms with van der Waals surface area (Å²) in [6.45, 7) is 0.381. The number of aliphatic imine (C=N–C) groups is 1. The summed E-state index contributed by atoms with van der Waals surface area (Å²) < 4.78 is 22.7. The van der Waals surface area contributed by atoms with Gasteiger partial charge in [-0.2, -0.15) is 0 Å². The molecule has 0 spiro atoms. The monoisotopic (exact) mass is 563 g/mol. The maximum Gasteiger partial charge on any atom is 0.330 e. The highest BCUT2D eigenvalue weighted by molar-refractivity contribution is 6.27. The van der Waals surface area contributed by atoms with E-state index in [-0.39, 0.29) is 25.6 Å². The molecule has 0 N–H and O–H groups in total. The largest absolute Gasteiger partial charge is 0.493 e. The Morgan fingerprint density at radius 1 is 0.714 bits per heavy atom. The zero-order valence-electron chi connectivity index (χ0n) is 23.7. The zero-order valence-corrected chi connectivity index (χ0v) is 23.7. The van der Waals surface area contributed by atoms with Gasteiger partial charge < -0.3 is 18.9 Å². The van der Waals surface area contributed by atoms with Gasteiger partial charge in [0.25, 0.3) is 0 Å². The summed E-state index contributed by atoms with van der Waals surface area (Å²) in [5, 5.41) is 0. The number of nitrogens with zero attached hydrogens (tertiary/aromatic N) is 1. The molecule has 0 aromatic heterocycles. The molecule has 0 aliphatic carbocycles. The first-order valence-electron chi connectivity index (χ1n) is 13.8. The summed E-state index contributed by atoms with van der Waals surface area (Å²) in [7, 11) is 3.14. The topological polar surface area (TPSA) is 83.4 Å². The van der Waals surface area contributed by atoms with Crippen LogP contribution < -0.4 is 9.47 Å². The molecule has 0 fully saturated rings. The fourth-order valence-electron chi connectivity index (χ4n) is 5.27. The van der Waals surface area contributed by atoms with Gasteiger partial charge in [-0.3, -0.25) is 14.6 Å². The predicted molar refractivity (Wildman–Crippen MR) is 160 cm³/mol. The highest BCUT2D eigenvalue weighted by Gasteiger charge is 2.56. The first-order chi connectivity index (χ1) is 20.5. The molecule has 0 amide bonds. The van der Waals surface area contributed by atoms with E-state index in [1.165, 1.54) is 0 Å². The Kier molecular flexibility index (Phi) is 8.97. The minimum absolute atomic E-state index is 0.0104. The Morgan fingerprint density at radius 2 is 1.24 bits per heavy atom. The van der Waals surface area contributed by atoms with Gasteiger partial charge in [0.15, 0.2) is 11.5 Å². The highest BCUT2D eigenvalue weighted by Crippen LogP contribution is 2.44. The molecule has 5 rings (SSSR count). The summed E-state index contributed by atoms with van der Waals surface area (Å²) in [5.41, 5.74) is 1.68. The van der Waals surface area contributed by atoms with Crippen molar-refractivity contribution in [2.75, 3.05) is 20.8 Å². The first-order valence-corrected chi connectivity index (χ1v) is 13.8. The lowest BCUT2D eigenvalue weighted by Gasteiger charge is -2.37. The van der Waals surface area contributed by atoms with Crippen LogP contribution in [0.3, 0.4) is 0 Å². The molecule has 42 heavy (non-hydrogen) atoms. The van der Waals surface area contributed by atoms with Crippen LogP contribution in [0, 0.1) is 5.41 Å². The van der Waals surface area contributed by atoms with Crippen molar-refractivity contribution in [3.8, 4) is 11.5 Å². The molecular formula is C35H33NO6. The van der Waals surface area contributed by atoms with Gasteiger partial charge in [-0.05, 0) is 40.8 Å². The summed E-state index contributed by atoms with van der Waals surface area (Å²) in [6, 6.07) is 33.6. The lowest BCUT2D eigenvalue weighted by molar-refractivity contribution is -0.169. The minimum atomic E-state index is -1.80. The Labute approximate surface area is 245 Å². The number of methoxy groups -OCH3 is 2. The molecule has 1 unspecified atom stereocenters. The van der Waals surface area contributed by atoms with E-state index in [0.717, 1.165) is 16.7 Å². The van der Waals surface area contributed by atoms with Crippen molar-refractivity contribution in [3.05, 3.63) is 131 Å². The van der Waals surface area contributed by atoms with Crippen LogP contribution >= 0.6 is 0 Å². The van der Waals surface area contributed by atoms with E-state index >= 15 is 0 Å². The summed E-state index contributed by atoms with van der Waals surface area (Å²) >= 11 is 0. The molecule has 4 aromatic rings. The molecule has 1 aliphatic heterocycles. The van der Waals surface area contributed by atoms with Crippen molar-refractivity contribution in [3.63, 3.8) is 0 Å². The van der Waals surface area contributed by atoms with Crippen molar-refractivity contribution in [1.82, 2.24) is 0 Å². The number of ether oxygens (including phenoxy) is 4. The number of carbonyl (C=O) groups excluding carboxylic acids is 2. The normalized spacial score (nSPS) is 15.7. The molecule has 1 heterocycles. The van der Waals surface area contributed by atoms with Crippen LogP contribution in [0.15, 0.2) is 114 Å². The summed E-state index contributed by atoms with van der Waals surface area (Å²) in [4.78, 5) is 33.5. The lowest BCUT2D eigenvalue weighted by Crippen LogP contribution is -2.52. The molecule has 1 atom stereocenters. The van der Waals surface area contributed by atoms with E-state index in [4.69, 9.17) is 23.9 Å². The number of benzene rings is 4. The third-order valence-corrected chi connectivity index (χ3v) is 7.48.